The van der Waals surface area contributed by atoms with E-state index in [9.17, 15) is 9.90 Å². The monoisotopic (exact) mass is 269 g/mol. The van der Waals surface area contributed by atoms with Crippen molar-refractivity contribution in [1.82, 2.24) is 0 Å². The Morgan fingerprint density at radius 3 is 2.56 bits per heavy atom. The summed E-state index contributed by atoms with van der Waals surface area (Å²) in [6.45, 7) is 5.79. The van der Waals surface area contributed by atoms with Crippen molar-refractivity contribution in [2.75, 3.05) is 5.73 Å². The second-order valence-electron chi connectivity index (χ2n) is 4.88. The number of aliphatic carboxylic acids is 1. The van der Waals surface area contributed by atoms with Gasteiger partial charge in [-0.2, -0.15) is 0 Å². The molecule has 1 atom stereocenters. The highest BCUT2D eigenvalue weighted by Crippen LogP contribution is 2.42. The normalized spacial score (nSPS) is 14.5. The summed E-state index contributed by atoms with van der Waals surface area (Å²) in [5.74, 6) is -0.899. The second kappa shape index (κ2) is 5.61. The molecule has 0 heterocycles. The lowest BCUT2D eigenvalue weighted by atomic mass is 9.68. The number of nitrogen functional groups attached to an aromatic ring is 1. The van der Waals surface area contributed by atoms with Crippen LogP contribution in [-0.2, 0) is 10.2 Å². The van der Waals surface area contributed by atoms with E-state index < -0.39 is 11.4 Å². The predicted molar refractivity (Wildman–Crippen MR) is 74.9 cm³/mol. The topological polar surface area (TPSA) is 63.3 Å². The first-order valence-electron chi connectivity index (χ1n) is 6.15. The number of anilines is 1. The zero-order chi connectivity index (χ0) is 13.9. The van der Waals surface area contributed by atoms with Gasteiger partial charge in [0.05, 0.1) is 16.1 Å². The van der Waals surface area contributed by atoms with Crippen LogP contribution in [0.3, 0.4) is 0 Å². The molecule has 0 spiro atoms. The van der Waals surface area contributed by atoms with Crippen molar-refractivity contribution in [2.24, 2.45) is 5.92 Å². The van der Waals surface area contributed by atoms with Crippen molar-refractivity contribution in [3.05, 3.63) is 28.8 Å². The minimum absolute atomic E-state index is 0.0595. The number of rotatable bonds is 5. The first-order valence-corrected chi connectivity index (χ1v) is 6.53. The lowest BCUT2D eigenvalue weighted by molar-refractivity contribution is -0.146. The number of nitrogens with two attached hydrogens (primary N) is 1. The van der Waals surface area contributed by atoms with Crippen molar-refractivity contribution in [3.63, 3.8) is 0 Å². The number of para-hydroxylation sites is 1. The van der Waals surface area contributed by atoms with Crippen molar-refractivity contribution < 1.29 is 9.90 Å². The molecular formula is C14H20ClNO2. The van der Waals surface area contributed by atoms with Crippen LogP contribution in [0.4, 0.5) is 5.69 Å². The maximum absolute atomic E-state index is 11.8. The molecule has 0 fully saturated rings. The van der Waals surface area contributed by atoms with Gasteiger partial charge in [0.1, 0.15) is 0 Å². The van der Waals surface area contributed by atoms with Crippen molar-refractivity contribution in [3.8, 4) is 0 Å². The fourth-order valence-electron chi connectivity index (χ4n) is 2.52. The molecule has 18 heavy (non-hydrogen) atoms. The summed E-state index contributed by atoms with van der Waals surface area (Å²) < 4.78 is 0. The average Bonchev–Trinajstić information content (AvgIpc) is 2.29. The molecule has 0 amide bonds. The molecular weight excluding hydrogens is 250 g/mol. The number of benzene rings is 1. The van der Waals surface area contributed by atoms with Crippen LogP contribution in [0.25, 0.3) is 0 Å². The van der Waals surface area contributed by atoms with Gasteiger partial charge in [-0.1, -0.05) is 50.9 Å². The molecule has 1 unspecified atom stereocenters. The van der Waals surface area contributed by atoms with Crippen LogP contribution in [0.2, 0.25) is 5.02 Å². The first kappa shape index (κ1) is 14.8. The van der Waals surface area contributed by atoms with Gasteiger partial charge < -0.3 is 10.8 Å². The third-order valence-electron chi connectivity index (χ3n) is 3.55. The Balaban J connectivity index is 3.51. The summed E-state index contributed by atoms with van der Waals surface area (Å²) in [7, 11) is 0. The van der Waals surface area contributed by atoms with Crippen LogP contribution >= 0.6 is 11.6 Å². The Labute approximate surface area is 113 Å². The number of carboxylic acids is 1. The first-order chi connectivity index (χ1) is 8.37. The Morgan fingerprint density at radius 2 is 2.11 bits per heavy atom. The van der Waals surface area contributed by atoms with E-state index in [1.165, 1.54) is 0 Å². The van der Waals surface area contributed by atoms with E-state index >= 15 is 0 Å². The summed E-state index contributed by atoms with van der Waals surface area (Å²) in [5.41, 5.74) is 6.01. The molecule has 0 saturated carbocycles. The molecule has 0 saturated heterocycles. The van der Waals surface area contributed by atoms with Gasteiger partial charge in [0.25, 0.3) is 0 Å². The van der Waals surface area contributed by atoms with Gasteiger partial charge in [-0.3, -0.25) is 4.79 Å². The zero-order valence-corrected chi connectivity index (χ0v) is 11.8. The third kappa shape index (κ3) is 2.32. The quantitative estimate of drug-likeness (QED) is 0.801. The van der Waals surface area contributed by atoms with E-state index in [1.54, 1.807) is 18.2 Å². The summed E-state index contributed by atoms with van der Waals surface area (Å²) >= 11 is 6.01. The zero-order valence-electron chi connectivity index (χ0n) is 11.0. The van der Waals surface area contributed by atoms with Crippen LogP contribution in [0.5, 0.6) is 0 Å². The standard InChI is InChI=1S/C14H20ClNO2/c1-4-8-14(9(2)3,13(17)18)10-6-5-7-11(15)12(10)16/h5-7,9H,4,8,16H2,1-3H3,(H,17,18). The summed E-state index contributed by atoms with van der Waals surface area (Å²) in [6, 6.07) is 5.20. The highest BCUT2D eigenvalue weighted by molar-refractivity contribution is 6.33. The Kier molecular flexibility index (Phi) is 4.63. The molecule has 0 aliphatic heterocycles. The van der Waals surface area contributed by atoms with E-state index in [4.69, 9.17) is 17.3 Å². The van der Waals surface area contributed by atoms with Crippen molar-refractivity contribution >= 4 is 23.3 Å². The van der Waals surface area contributed by atoms with Crippen molar-refractivity contribution in [1.29, 1.82) is 0 Å². The lowest BCUT2D eigenvalue weighted by Gasteiger charge is -2.35. The SMILES string of the molecule is CCCC(C(=O)O)(c1cccc(Cl)c1N)C(C)C. The number of carboxylic acid groups (broad SMARTS) is 1. The smallest absolute Gasteiger partial charge is 0.314 e. The molecule has 3 N–H and O–H groups in total. The molecule has 0 aliphatic rings. The fraction of sp³-hybridized carbons (Fsp3) is 0.500. The minimum Gasteiger partial charge on any atom is -0.481 e. The summed E-state index contributed by atoms with van der Waals surface area (Å²) in [4.78, 5) is 11.8. The highest BCUT2D eigenvalue weighted by atomic mass is 35.5. The molecule has 0 radical (unpaired) electrons. The molecule has 4 heteroatoms. The summed E-state index contributed by atoms with van der Waals surface area (Å²) in [6.07, 6.45) is 1.32. The lowest BCUT2D eigenvalue weighted by Crippen LogP contribution is -2.41. The molecule has 0 aliphatic carbocycles. The maximum Gasteiger partial charge on any atom is 0.314 e. The van der Waals surface area contributed by atoms with Gasteiger partial charge >= 0.3 is 5.97 Å². The Morgan fingerprint density at radius 1 is 1.50 bits per heavy atom. The van der Waals surface area contributed by atoms with Gasteiger partial charge in [-0.25, -0.2) is 0 Å². The van der Waals surface area contributed by atoms with Gasteiger partial charge in [0.15, 0.2) is 0 Å². The molecule has 0 aromatic heterocycles. The molecule has 1 aromatic rings. The highest BCUT2D eigenvalue weighted by Gasteiger charge is 2.44. The number of hydrogen-bond acceptors (Lipinski definition) is 2. The second-order valence-corrected chi connectivity index (χ2v) is 5.29. The Bertz CT molecular complexity index is 445. The molecule has 100 valence electrons. The Hall–Kier alpha value is -1.22. The largest absolute Gasteiger partial charge is 0.481 e. The van der Waals surface area contributed by atoms with Crippen LogP contribution in [0.15, 0.2) is 18.2 Å². The van der Waals surface area contributed by atoms with Gasteiger partial charge in [-0.15, -0.1) is 0 Å². The molecule has 3 nitrogen and oxygen atoms in total. The number of hydrogen-bond donors (Lipinski definition) is 2. The third-order valence-corrected chi connectivity index (χ3v) is 3.87. The maximum atomic E-state index is 11.8. The van der Waals surface area contributed by atoms with Crippen LogP contribution in [0.1, 0.15) is 39.2 Å². The molecule has 0 bridgehead atoms. The number of halogens is 1. The molecule has 1 rings (SSSR count). The van der Waals surface area contributed by atoms with E-state index in [0.29, 0.717) is 22.7 Å². The van der Waals surface area contributed by atoms with E-state index in [2.05, 4.69) is 0 Å². The van der Waals surface area contributed by atoms with E-state index in [0.717, 1.165) is 6.42 Å². The minimum atomic E-state index is -0.969. The number of carbonyl (C=O) groups is 1. The van der Waals surface area contributed by atoms with Gasteiger partial charge in [0.2, 0.25) is 0 Å². The van der Waals surface area contributed by atoms with E-state index in [-0.39, 0.29) is 5.92 Å². The predicted octanol–water partition coefficient (Wildman–Crippen LogP) is 3.70. The average molecular weight is 270 g/mol. The van der Waals surface area contributed by atoms with Crippen molar-refractivity contribution in [2.45, 2.75) is 39.0 Å². The van der Waals surface area contributed by atoms with Crippen LogP contribution < -0.4 is 5.73 Å². The van der Waals surface area contributed by atoms with Gasteiger partial charge in [0, 0.05) is 0 Å². The van der Waals surface area contributed by atoms with Crippen LogP contribution in [-0.4, -0.2) is 11.1 Å². The van der Waals surface area contributed by atoms with Gasteiger partial charge in [-0.05, 0) is 24.0 Å². The molecule has 1 aromatic carbocycles. The van der Waals surface area contributed by atoms with Crippen LogP contribution in [0, 0.1) is 5.92 Å². The fourth-order valence-corrected chi connectivity index (χ4v) is 2.70. The van der Waals surface area contributed by atoms with E-state index in [1.807, 2.05) is 20.8 Å². The summed E-state index contributed by atoms with van der Waals surface area (Å²) in [5, 5.41) is 10.1.